The Balaban J connectivity index is 3.12. The first-order valence-electron chi connectivity index (χ1n) is 5.09. The van der Waals surface area contributed by atoms with Gasteiger partial charge in [0.05, 0.1) is 24.2 Å². The molecule has 0 spiro atoms. The summed E-state index contributed by atoms with van der Waals surface area (Å²) in [7, 11) is 1.17. The van der Waals surface area contributed by atoms with Crippen molar-refractivity contribution in [2.24, 2.45) is 0 Å². The quantitative estimate of drug-likeness (QED) is 0.449. The van der Waals surface area contributed by atoms with Crippen LogP contribution in [0.3, 0.4) is 0 Å². The highest BCUT2D eigenvalue weighted by Gasteiger charge is 2.20. The number of nitrogens with one attached hydrogen (secondary N) is 1. The maximum absolute atomic E-state index is 11.2. The third-order valence-corrected chi connectivity index (χ3v) is 2.14. The van der Waals surface area contributed by atoms with Crippen LogP contribution in [-0.2, 0) is 4.74 Å². The summed E-state index contributed by atoms with van der Waals surface area (Å²) in [5.74, 6) is -0.707. The number of aliphatic hydroxyl groups is 1. The van der Waals surface area contributed by atoms with E-state index in [-0.39, 0.29) is 29.7 Å². The summed E-state index contributed by atoms with van der Waals surface area (Å²) in [6, 6.07) is 0.686. The Labute approximate surface area is 103 Å². The van der Waals surface area contributed by atoms with Gasteiger partial charge < -0.3 is 15.2 Å². The van der Waals surface area contributed by atoms with Gasteiger partial charge in [0.25, 0.3) is 0 Å². The number of rotatable bonds is 5. The zero-order chi connectivity index (χ0) is 13.7. The molecule has 1 unspecified atom stereocenters. The van der Waals surface area contributed by atoms with Crippen molar-refractivity contribution in [1.82, 2.24) is 4.98 Å². The standard InChI is InChI=1S/C10H13N3O5/c1-6(5-14)12-9-8(13(16)17)3-7(4-11-9)10(15)18-2/h3-4,6,14H,5H2,1-2H3,(H,11,12). The molecule has 8 nitrogen and oxygen atoms in total. The summed E-state index contributed by atoms with van der Waals surface area (Å²) in [5.41, 5.74) is -0.357. The van der Waals surface area contributed by atoms with Crippen LogP contribution in [-0.4, -0.2) is 40.7 Å². The molecule has 1 rings (SSSR count). The van der Waals surface area contributed by atoms with Crippen LogP contribution in [0.15, 0.2) is 12.3 Å². The summed E-state index contributed by atoms with van der Waals surface area (Å²) in [5, 5.41) is 22.4. The fourth-order valence-electron chi connectivity index (χ4n) is 1.21. The van der Waals surface area contributed by atoms with Gasteiger partial charge in [0, 0.05) is 18.3 Å². The van der Waals surface area contributed by atoms with Gasteiger partial charge in [0.2, 0.25) is 5.82 Å². The van der Waals surface area contributed by atoms with Crippen LogP contribution < -0.4 is 5.32 Å². The molecule has 0 saturated carbocycles. The fraction of sp³-hybridized carbons (Fsp3) is 0.400. The number of carbonyl (C=O) groups excluding carboxylic acids is 1. The average Bonchev–Trinajstić information content (AvgIpc) is 2.37. The fourth-order valence-corrected chi connectivity index (χ4v) is 1.21. The lowest BCUT2D eigenvalue weighted by Gasteiger charge is -2.11. The average molecular weight is 255 g/mol. The van der Waals surface area contributed by atoms with E-state index in [4.69, 9.17) is 5.11 Å². The molecule has 0 fully saturated rings. The normalized spacial score (nSPS) is 11.7. The third-order valence-electron chi connectivity index (χ3n) is 2.14. The second-order valence-electron chi connectivity index (χ2n) is 3.57. The molecule has 0 aliphatic carbocycles. The highest BCUT2D eigenvalue weighted by atomic mass is 16.6. The van der Waals surface area contributed by atoms with E-state index in [1.165, 1.54) is 13.3 Å². The van der Waals surface area contributed by atoms with Crippen LogP contribution in [0.1, 0.15) is 17.3 Å². The summed E-state index contributed by atoms with van der Waals surface area (Å²) >= 11 is 0. The van der Waals surface area contributed by atoms with Gasteiger partial charge >= 0.3 is 11.7 Å². The molecule has 18 heavy (non-hydrogen) atoms. The van der Waals surface area contributed by atoms with Gasteiger partial charge in [0.15, 0.2) is 0 Å². The molecule has 1 aromatic heterocycles. The van der Waals surface area contributed by atoms with E-state index in [1.54, 1.807) is 6.92 Å². The van der Waals surface area contributed by atoms with Crippen molar-refractivity contribution in [2.45, 2.75) is 13.0 Å². The molecule has 0 aliphatic heterocycles. The number of nitro groups is 1. The third kappa shape index (κ3) is 3.14. The minimum Gasteiger partial charge on any atom is -0.465 e. The van der Waals surface area contributed by atoms with E-state index in [9.17, 15) is 14.9 Å². The summed E-state index contributed by atoms with van der Waals surface area (Å²) in [6.45, 7) is 1.44. The van der Waals surface area contributed by atoms with E-state index < -0.39 is 10.9 Å². The number of esters is 1. The number of pyridine rings is 1. The number of nitrogens with zero attached hydrogens (tertiary/aromatic N) is 2. The first-order valence-corrected chi connectivity index (χ1v) is 5.09. The molecule has 0 aromatic carbocycles. The Morgan fingerprint density at radius 1 is 1.72 bits per heavy atom. The van der Waals surface area contributed by atoms with Gasteiger partial charge in [-0.25, -0.2) is 9.78 Å². The first-order chi connectivity index (χ1) is 8.49. The number of hydrogen-bond donors (Lipinski definition) is 2. The van der Waals surface area contributed by atoms with Crippen LogP contribution >= 0.6 is 0 Å². The monoisotopic (exact) mass is 255 g/mol. The van der Waals surface area contributed by atoms with E-state index in [1.807, 2.05) is 0 Å². The molecule has 0 saturated heterocycles. The van der Waals surface area contributed by atoms with Crippen molar-refractivity contribution in [3.63, 3.8) is 0 Å². The Morgan fingerprint density at radius 2 is 2.39 bits per heavy atom. The molecular weight excluding hydrogens is 242 g/mol. The van der Waals surface area contributed by atoms with Crippen LogP contribution in [0.2, 0.25) is 0 Å². The van der Waals surface area contributed by atoms with Crippen LogP contribution in [0.5, 0.6) is 0 Å². The van der Waals surface area contributed by atoms with Crippen molar-refractivity contribution in [3.05, 3.63) is 27.9 Å². The molecule has 2 N–H and O–H groups in total. The molecule has 98 valence electrons. The molecule has 1 aromatic rings. The minimum atomic E-state index is -0.702. The van der Waals surface area contributed by atoms with Gasteiger partial charge in [-0.1, -0.05) is 0 Å². The number of aromatic nitrogens is 1. The second kappa shape index (κ2) is 5.92. The van der Waals surface area contributed by atoms with Gasteiger partial charge in [-0.05, 0) is 6.92 Å². The Kier molecular flexibility index (Phi) is 4.55. The smallest absolute Gasteiger partial charge is 0.339 e. The molecule has 0 radical (unpaired) electrons. The van der Waals surface area contributed by atoms with Gasteiger partial charge in [0.1, 0.15) is 0 Å². The maximum Gasteiger partial charge on any atom is 0.339 e. The van der Waals surface area contributed by atoms with Crippen molar-refractivity contribution < 1.29 is 19.6 Å². The lowest BCUT2D eigenvalue weighted by atomic mass is 10.2. The predicted octanol–water partition coefficient (Wildman–Crippen LogP) is 0.569. The summed E-state index contributed by atoms with van der Waals surface area (Å²) in [6.07, 6.45) is 1.17. The van der Waals surface area contributed by atoms with E-state index in [2.05, 4.69) is 15.0 Å². The minimum absolute atomic E-state index is 0.00537. The van der Waals surface area contributed by atoms with Crippen LogP contribution in [0, 0.1) is 10.1 Å². The van der Waals surface area contributed by atoms with E-state index in [0.717, 1.165) is 6.07 Å². The Morgan fingerprint density at radius 3 is 2.89 bits per heavy atom. The topological polar surface area (TPSA) is 115 Å². The van der Waals surface area contributed by atoms with Crippen molar-refractivity contribution in [2.75, 3.05) is 19.0 Å². The molecule has 0 aliphatic rings. The van der Waals surface area contributed by atoms with Gasteiger partial charge in [-0.3, -0.25) is 10.1 Å². The number of aliphatic hydroxyl groups excluding tert-OH is 1. The molecule has 0 amide bonds. The summed E-state index contributed by atoms with van der Waals surface area (Å²) in [4.78, 5) is 25.2. The Hall–Kier alpha value is -2.22. The molecule has 0 bridgehead atoms. The lowest BCUT2D eigenvalue weighted by molar-refractivity contribution is -0.384. The van der Waals surface area contributed by atoms with Gasteiger partial charge in [-0.15, -0.1) is 0 Å². The Bertz CT molecular complexity index is 463. The predicted molar refractivity (Wildman–Crippen MR) is 62.4 cm³/mol. The van der Waals surface area contributed by atoms with Crippen molar-refractivity contribution in [1.29, 1.82) is 0 Å². The number of anilines is 1. The first kappa shape index (κ1) is 13.8. The number of carbonyl (C=O) groups is 1. The molecular formula is C10H13N3O5. The second-order valence-corrected chi connectivity index (χ2v) is 3.57. The molecule has 8 heteroatoms. The molecule has 1 atom stereocenters. The molecule has 1 heterocycles. The highest BCUT2D eigenvalue weighted by molar-refractivity contribution is 5.90. The van der Waals surface area contributed by atoms with Crippen molar-refractivity contribution >= 4 is 17.5 Å². The van der Waals surface area contributed by atoms with Crippen LogP contribution in [0.25, 0.3) is 0 Å². The lowest BCUT2D eigenvalue weighted by Crippen LogP contribution is -2.21. The van der Waals surface area contributed by atoms with Crippen molar-refractivity contribution in [3.8, 4) is 0 Å². The zero-order valence-electron chi connectivity index (χ0n) is 9.91. The zero-order valence-corrected chi connectivity index (χ0v) is 9.91. The highest BCUT2D eigenvalue weighted by Crippen LogP contribution is 2.23. The SMILES string of the molecule is COC(=O)c1cnc(NC(C)CO)c([N+](=O)[O-])c1. The van der Waals surface area contributed by atoms with Gasteiger partial charge in [-0.2, -0.15) is 0 Å². The number of ether oxygens (including phenoxy) is 1. The largest absolute Gasteiger partial charge is 0.465 e. The number of methoxy groups -OCH3 is 1. The maximum atomic E-state index is 11.2. The summed E-state index contributed by atoms with van der Waals surface area (Å²) < 4.78 is 4.45. The van der Waals surface area contributed by atoms with E-state index >= 15 is 0 Å². The number of hydrogen-bond acceptors (Lipinski definition) is 7. The van der Waals surface area contributed by atoms with E-state index in [0.29, 0.717) is 0 Å². The van der Waals surface area contributed by atoms with Crippen LogP contribution in [0.4, 0.5) is 11.5 Å².